The number of likely N-dealkylation sites (tertiary alicyclic amines) is 1. The van der Waals surface area contributed by atoms with E-state index in [-0.39, 0.29) is 11.3 Å². The first-order chi connectivity index (χ1) is 9.06. The topological polar surface area (TPSA) is 86.8 Å². The molecule has 106 valence electrons. The smallest absolute Gasteiger partial charge is 0.252 e. The quantitative estimate of drug-likeness (QED) is 0.760. The Bertz CT molecular complexity index is 409. The van der Waals surface area contributed by atoms with Gasteiger partial charge < -0.3 is 20.8 Å². The van der Waals surface area contributed by atoms with Crippen molar-refractivity contribution in [2.24, 2.45) is 5.73 Å². The summed E-state index contributed by atoms with van der Waals surface area (Å²) in [6.07, 6.45) is 3.54. The number of nitrogens with zero attached hydrogens (tertiary/aromatic N) is 1. The Morgan fingerprint density at radius 2 is 2.16 bits per heavy atom. The predicted molar refractivity (Wildman–Crippen MR) is 74.0 cm³/mol. The Balaban J connectivity index is 0.000000191. The molecule has 0 radical (unpaired) electrons. The third kappa shape index (κ3) is 4.89. The van der Waals surface area contributed by atoms with E-state index in [9.17, 15) is 4.79 Å². The molecule has 1 aliphatic rings. The summed E-state index contributed by atoms with van der Waals surface area (Å²) in [5, 5.41) is 17.6. The Morgan fingerprint density at radius 1 is 1.47 bits per heavy atom. The highest BCUT2D eigenvalue weighted by Gasteiger charge is 2.19. The van der Waals surface area contributed by atoms with Gasteiger partial charge in [-0.05, 0) is 45.0 Å². The Kier molecular flexibility index (Phi) is 6.32. The molecule has 0 aliphatic carbocycles. The van der Waals surface area contributed by atoms with Gasteiger partial charge in [-0.2, -0.15) is 0 Å². The molecule has 0 aromatic heterocycles. The molecule has 1 saturated heterocycles. The maximum atomic E-state index is 10.5. The van der Waals surface area contributed by atoms with Crippen molar-refractivity contribution in [2.75, 3.05) is 20.2 Å². The van der Waals surface area contributed by atoms with Crippen LogP contribution in [0.4, 0.5) is 0 Å². The molecular formula is C14H22N2O3. The fraction of sp³-hybridized carbons (Fsp3) is 0.500. The molecule has 0 bridgehead atoms. The van der Waals surface area contributed by atoms with Gasteiger partial charge in [-0.3, -0.25) is 4.79 Å². The van der Waals surface area contributed by atoms with Gasteiger partial charge in [0.05, 0.1) is 5.56 Å². The molecule has 1 atom stereocenters. The predicted octanol–water partition coefficient (Wildman–Crippen LogP) is 0.954. The van der Waals surface area contributed by atoms with Gasteiger partial charge in [0, 0.05) is 12.6 Å². The molecule has 1 aliphatic heterocycles. The van der Waals surface area contributed by atoms with Crippen LogP contribution in [-0.4, -0.2) is 47.3 Å². The van der Waals surface area contributed by atoms with Gasteiger partial charge in [-0.25, -0.2) is 0 Å². The van der Waals surface area contributed by atoms with Gasteiger partial charge in [-0.15, -0.1) is 0 Å². The lowest BCUT2D eigenvalue weighted by Gasteiger charge is -2.17. The second-order valence-electron chi connectivity index (χ2n) is 4.67. The van der Waals surface area contributed by atoms with Gasteiger partial charge in [0.1, 0.15) is 5.75 Å². The summed E-state index contributed by atoms with van der Waals surface area (Å²) in [4.78, 5) is 12.8. The average Bonchev–Trinajstić information content (AvgIpc) is 2.77. The number of hydrogen-bond acceptors (Lipinski definition) is 4. The van der Waals surface area contributed by atoms with Crippen molar-refractivity contribution in [3.05, 3.63) is 29.8 Å². The maximum absolute atomic E-state index is 10.5. The number of nitrogens with two attached hydrogens (primary N) is 1. The van der Waals surface area contributed by atoms with E-state index >= 15 is 0 Å². The van der Waals surface area contributed by atoms with Crippen LogP contribution in [0.25, 0.3) is 0 Å². The van der Waals surface area contributed by atoms with E-state index < -0.39 is 5.91 Å². The normalized spacial score (nSPS) is 18.7. The lowest BCUT2D eigenvalue weighted by Crippen LogP contribution is -2.25. The minimum absolute atomic E-state index is 0.0741. The number of aliphatic hydroxyl groups is 1. The van der Waals surface area contributed by atoms with Crippen LogP contribution in [0, 0.1) is 0 Å². The van der Waals surface area contributed by atoms with E-state index in [1.165, 1.54) is 31.5 Å². The maximum Gasteiger partial charge on any atom is 0.252 e. The summed E-state index contributed by atoms with van der Waals surface area (Å²) >= 11 is 0. The molecule has 1 aromatic carbocycles. The summed E-state index contributed by atoms with van der Waals surface area (Å²) in [5.41, 5.74) is 5.07. The molecule has 5 heteroatoms. The molecule has 19 heavy (non-hydrogen) atoms. The van der Waals surface area contributed by atoms with Crippen LogP contribution in [-0.2, 0) is 0 Å². The zero-order valence-electron chi connectivity index (χ0n) is 11.2. The van der Waals surface area contributed by atoms with Gasteiger partial charge in [0.25, 0.3) is 5.91 Å². The summed E-state index contributed by atoms with van der Waals surface area (Å²) in [5.74, 6) is -0.687. The Hall–Kier alpha value is -1.59. The van der Waals surface area contributed by atoms with Crippen LogP contribution in [0.3, 0.4) is 0 Å². The number of para-hydroxylation sites is 1. The number of hydrogen-bond donors (Lipinski definition) is 3. The van der Waals surface area contributed by atoms with E-state index in [1.807, 2.05) is 0 Å². The van der Waals surface area contributed by atoms with Gasteiger partial charge in [0.15, 0.2) is 0 Å². The highest BCUT2D eigenvalue weighted by atomic mass is 16.3. The summed E-state index contributed by atoms with van der Waals surface area (Å²) in [6.45, 7) is 1.56. The van der Waals surface area contributed by atoms with Crippen molar-refractivity contribution in [3.8, 4) is 5.75 Å². The van der Waals surface area contributed by atoms with E-state index in [0.717, 1.165) is 6.42 Å². The Morgan fingerprint density at radius 3 is 2.58 bits per heavy atom. The molecule has 1 fully saturated rings. The lowest BCUT2D eigenvalue weighted by molar-refractivity contribution is 0.0998. The molecule has 0 saturated carbocycles. The van der Waals surface area contributed by atoms with Crippen LogP contribution in [0.1, 0.15) is 29.6 Å². The van der Waals surface area contributed by atoms with Crippen molar-refractivity contribution in [2.45, 2.75) is 25.3 Å². The Labute approximate surface area is 113 Å². The zero-order chi connectivity index (χ0) is 14.3. The zero-order valence-corrected chi connectivity index (χ0v) is 11.2. The number of aromatic hydroxyl groups is 1. The van der Waals surface area contributed by atoms with Crippen LogP contribution in [0.15, 0.2) is 24.3 Å². The minimum atomic E-state index is -0.613. The van der Waals surface area contributed by atoms with Crippen molar-refractivity contribution < 1.29 is 15.0 Å². The molecule has 1 amide bonds. The van der Waals surface area contributed by atoms with Crippen molar-refractivity contribution in [1.82, 2.24) is 4.90 Å². The van der Waals surface area contributed by atoms with Crippen molar-refractivity contribution in [3.63, 3.8) is 0 Å². The number of aliphatic hydroxyl groups excluding tert-OH is 1. The van der Waals surface area contributed by atoms with Crippen molar-refractivity contribution >= 4 is 5.91 Å². The first-order valence-corrected chi connectivity index (χ1v) is 6.45. The number of benzene rings is 1. The first-order valence-electron chi connectivity index (χ1n) is 6.45. The number of carbonyl (C=O) groups excluding carboxylic acids is 1. The van der Waals surface area contributed by atoms with Crippen LogP contribution < -0.4 is 5.73 Å². The molecule has 1 aromatic rings. The van der Waals surface area contributed by atoms with Crippen molar-refractivity contribution in [1.29, 1.82) is 0 Å². The van der Waals surface area contributed by atoms with Crippen LogP contribution >= 0.6 is 0 Å². The number of phenols is 1. The third-order valence-corrected chi connectivity index (χ3v) is 3.30. The summed E-state index contributed by atoms with van der Waals surface area (Å²) in [6, 6.07) is 6.81. The van der Waals surface area contributed by atoms with E-state index in [4.69, 9.17) is 15.9 Å². The minimum Gasteiger partial charge on any atom is -0.507 e. The standard InChI is InChI=1S/C7H7NO2.C7H15NO/c8-7(10)5-3-1-2-4-6(5)9;1-8-5-2-3-7(8)4-6-9/h1-4,9H,(H2,8,10);7,9H,2-6H2,1H3. The van der Waals surface area contributed by atoms with Crippen LogP contribution in [0.2, 0.25) is 0 Å². The second-order valence-corrected chi connectivity index (χ2v) is 4.67. The number of primary amides is 1. The summed E-state index contributed by atoms with van der Waals surface area (Å²) < 4.78 is 0. The molecule has 2 rings (SSSR count). The molecule has 1 heterocycles. The number of amides is 1. The fourth-order valence-corrected chi connectivity index (χ4v) is 2.18. The largest absolute Gasteiger partial charge is 0.507 e. The molecule has 5 nitrogen and oxygen atoms in total. The van der Waals surface area contributed by atoms with Gasteiger partial charge in [0.2, 0.25) is 0 Å². The number of rotatable bonds is 3. The lowest BCUT2D eigenvalue weighted by atomic mass is 10.2. The third-order valence-electron chi connectivity index (χ3n) is 3.30. The molecule has 0 spiro atoms. The van der Waals surface area contributed by atoms with Gasteiger partial charge >= 0.3 is 0 Å². The highest BCUT2D eigenvalue weighted by molar-refractivity contribution is 5.95. The summed E-state index contributed by atoms with van der Waals surface area (Å²) in [7, 11) is 2.13. The molecule has 1 unspecified atom stereocenters. The molecular weight excluding hydrogens is 244 g/mol. The van der Waals surface area contributed by atoms with Gasteiger partial charge in [-0.1, -0.05) is 12.1 Å². The highest BCUT2D eigenvalue weighted by Crippen LogP contribution is 2.16. The van der Waals surface area contributed by atoms with Crippen LogP contribution in [0.5, 0.6) is 5.75 Å². The monoisotopic (exact) mass is 266 g/mol. The molecule has 4 N–H and O–H groups in total. The first kappa shape index (κ1) is 15.5. The fourth-order valence-electron chi connectivity index (χ4n) is 2.18. The number of carbonyl (C=O) groups is 1. The average molecular weight is 266 g/mol. The SMILES string of the molecule is CN1CCCC1CCO.NC(=O)c1ccccc1O. The van der Waals surface area contributed by atoms with E-state index in [0.29, 0.717) is 12.6 Å². The van der Waals surface area contributed by atoms with E-state index in [2.05, 4.69) is 11.9 Å². The second kappa shape index (κ2) is 7.76. The van der Waals surface area contributed by atoms with E-state index in [1.54, 1.807) is 12.1 Å².